The second kappa shape index (κ2) is 9.38. The highest BCUT2D eigenvalue weighted by Crippen LogP contribution is 2.43. The maximum Gasteiger partial charge on any atom is 0.459 e. The number of aryl methyl sites for hydroxylation is 2. The van der Waals surface area contributed by atoms with E-state index in [1.54, 1.807) is 25.1 Å². The molecule has 0 fully saturated rings. The van der Waals surface area contributed by atoms with Crippen molar-refractivity contribution in [1.29, 1.82) is 0 Å². The van der Waals surface area contributed by atoms with Gasteiger partial charge in [0.05, 0.1) is 16.7 Å². The van der Waals surface area contributed by atoms with Gasteiger partial charge in [0.15, 0.2) is 5.78 Å². The Kier molecular flexibility index (Phi) is 7.04. The number of carbonyl (C=O) groups excluding carboxylic acids is 2. The number of hydrogen-bond donors (Lipinski definition) is 0. The van der Waals surface area contributed by atoms with Gasteiger partial charge in [-0.15, -0.1) is 0 Å². The topological polar surface area (TPSA) is 51.2 Å². The molecule has 0 aliphatic heterocycles. The third kappa shape index (κ3) is 5.05. The van der Waals surface area contributed by atoms with Gasteiger partial charge in [-0.2, -0.15) is 26.3 Å². The number of benzene rings is 3. The van der Waals surface area contributed by atoms with Crippen molar-refractivity contribution in [2.45, 2.75) is 33.1 Å². The van der Waals surface area contributed by atoms with E-state index < -0.39 is 48.2 Å². The van der Waals surface area contributed by atoms with Gasteiger partial charge in [0.1, 0.15) is 0 Å². The highest BCUT2D eigenvalue weighted by Gasteiger charge is 2.49. The van der Waals surface area contributed by atoms with Gasteiger partial charge in [0.25, 0.3) is 0 Å². The second-order valence-corrected chi connectivity index (χ2v) is 9.32. The van der Waals surface area contributed by atoms with Gasteiger partial charge in [0, 0.05) is 22.3 Å². The van der Waals surface area contributed by atoms with Crippen LogP contribution in [-0.2, 0) is 16.9 Å². The summed E-state index contributed by atoms with van der Waals surface area (Å²) in [4.78, 5) is 26.2. The minimum absolute atomic E-state index is 0.0591. The van der Waals surface area contributed by atoms with Crippen LogP contribution in [0.25, 0.3) is 0 Å². The molecule has 0 aliphatic carbocycles. The quantitative estimate of drug-likeness (QED) is 0.207. The standard InChI is InChI=1S/C25H18F6O3P/c1-13-12-14(2)22(15(3)19(13)21(32)16-8-5-4-6-9-16)35(34)23(33)20-17(24(26,27)28)10-7-11-18(20)25(29,30)31/h4-12H,1-3H3/q+1. The molecule has 0 amide bonds. The highest BCUT2D eigenvalue weighted by atomic mass is 31.1. The van der Waals surface area contributed by atoms with E-state index in [1.807, 2.05) is 0 Å². The van der Waals surface area contributed by atoms with Gasteiger partial charge < -0.3 is 0 Å². The lowest BCUT2D eigenvalue weighted by Crippen LogP contribution is -2.22. The summed E-state index contributed by atoms with van der Waals surface area (Å²) in [6.07, 6.45) is -10.6. The molecule has 35 heavy (non-hydrogen) atoms. The van der Waals surface area contributed by atoms with E-state index in [9.17, 15) is 40.5 Å². The van der Waals surface area contributed by atoms with Crippen molar-refractivity contribution < 1.29 is 40.5 Å². The van der Waals surface area contributed by atoms with E-state index in [0.29, 0.717) is 23.8 Å². The molecule has 3 rings (SSSR count). The normalized spacial score (nSPS) is 12.4. The molecular formula is C25H18F6O3P+. The lowest BCUT2D eigenvalue weighted by atomic mass is 9.93. The number of carbonyl (C=O) groups is 2. The maximum absolute atomic E-state index is 13.6. The minimum atomic E-state index is -5.30. The minimum Gasteiger partial charge on any atom is -0.289 e. The summed E-state index contributed by atoms with van der Waals surface area (Å²) < 4.78 is 94.6. The van der Waals surface area contributed by atoms with E-state index in [2.05, 4.69) is 0 Å². The lowest BCUT2D eigenvalue weighted by Gasteiger charge is -2.15. The van der Waals surface area contributed by atoms with Gasteiger partial charge >= 0.3 is 25.7 Å². The first kappa shape index (κ1) is 26.3. The Hall–Kier alpha value is -3.32. The zero-order valence-electron chi connectivity index (χ0n) is 18.6. The summed E-state index contributed by atoms with van der Waals surface area (Å²) in [6, 6.07) is 10.6. The Morgan fingerprint density at radius 3 is 1.71 bits per heavy atom. The molecule has 1 unspecified atom stereocenters. The fourth-order valence-corrected chi connectivity index (χ4v) is 5.48. The molecule has 0 radical (unpaired) electrons. The van der Waals surface area contributed by atoms with Crippen molar-refractivity contribution in [2.75, 3.05) is 0 Å². The second-order valence-electron chi connectivity index (χ2n) is 7.88. The maximum atomic E-state index is 13.6. The van der Waals surface area contributed by atoms with Crippen molar-refractivity contribution >= 4 is 24.4 Å². The Balaban J connectivity index is 2.24. The van der Waals surface area contributed by atoms with Crippen LogP contribution in [0.3, 0.4) is 0 Å². The van der Waals surface area contributed by atoms with Crippen molar-refractivity contribution in [3.05, 3.63) is 99.1 Å². The van der Waals surface area contributed by atoms with E-state index in [-0.39, 0.29) is 27.6 Å². The average molecular weight is 511 g/mol. The molecule has 182 valence electrons. The summed E-state index contributed by atoms with van der Waals surface area (Å²) >= 11 is 0. The lowest BCUT2D eigenvalue weighted by molar-refractivity contribution is -0.143. The molecule has 3 aromatic carbocycles. The molecule has 0 spiro atoms. The first-order valence-electron chi connectivity index (χ1n) is 10.2. The van der Waals surface area contributed by atoms with Crippen LogP contribution in [0.5, 0.6) is 0 Å². The SMILES string of the molecule is Cc1cc(C)c([P+](=O)C(=O)c2c(C(F)(F)F)cccc2C(F)(F)F)c(C)c1C(=O)c1ccccc1. The summed E-state index contributed by atoms with van der Waals surface area (Å²) in [5.41, 5.74) is -6.10. The van der Waals surface area contributed by atoms with Crippen molar-refractivity contribution in [3.63, 3.8) is 0 Å². The Bertz CT molecular complexity index is 1310. The van der Waals surface area contributed by atoms with Crippen molar-refractivity contribution in [1.82, 2.24) is 0 Å². The predicted molar refractivity (Wildman–Crippen MR) is 119 cm³/mol. The Morgan fingerprint density at radius 2 is 1.23 bits per heavy atom. The molecule has 0 aliphatic rings. The van der Waals surface area contributed by atoms with Gasteiger partial charge in [-0.3, -0.25) is 4.79 Å². The van der Waals surface area contributed by atoms with Crippen molar-refractivity contribution in [2.24, 2.45) is 0 Å². The molecule has 0 N–H and O–H groups in total. The highest BCUT2D eigenvalue weighted by molar-refractivity contribution is 7.71. The molecule has 0 saturated heterocycles. The summed E-state index contributed by atoms with van der Waals surface area (Å²) in [7, 11) is -3.44. The van der Waals surface area contributed by atoms with E-state index in [1.165, 1.54) is 32.0 Å². The first-order chi connectivity index (χ1) is 16.2. The van der Waals surface area contributed by atoms with Gasteiger partial charge in [-0.1, -0.05) is 47.0 Å². The largest absolute Gasteiger partial charge is 0.459 e. The smallest absolute Gasteiger partial charge is 0.289 e. The van der Waals surface area contributed by atoms with Crippen LogP contribution in [0.4, 0.5) is 26.3 Å². The molecule has 0 saturated carbocycles. The molecule has 0 aromatic heterocycles. The molecule has 3 aromatic rings. The average Bonchev–Trinajstić information content (AvgIpc) is 2.77. The van der Waals surface area contributed by atoms with Crippen molar-refractivity contribution in [3.8, 4) is 0 Å². The molecule has 1 atom stereocenters. The number of halogens is 6. The molecule has 0 heterocycles. The third-order valence-electron chi connectivity index (χ3n) is 5.47. The first-order valence-corrected chi connectivity index (χ1v) is 11.4. The zero-order chi connectivity index (χ0) is 26.3. The number of ketones is 1. The van der Waals surface area contributed by atoms with Crippen LogP contribution in [0, 0.1) is 20.8 Å². The molecule has 10 heteroatoms. The third-order valence-corrected chi connectivity index (χ3v) is 7.16. The monoisotopic (exact) mass is 511 g/mol. The Morgan fingerprint density at radius 1 is 0.714 bits per heavy atom. The van der Waals surface area contributed by atoms with E-state index >= 15 is 0 Å². The fraction of sp³-hybridized carbons (Fsp3) is 0.200. The van der Waals surface area contributed by atoms with E-state index in [0.717, 1.165) is 0 Å². The summed E-state index contributed by atoms with van der Waals surface area (Å²) in [5, 5.41) is -0.264. The number of rotatable bonds is 5. The van der Waals surface area contributed by atoms with Gasteiger partial charge in [0.2, 0.25) is 5.30 Å². The van der Waals surface area contributed by atoms with Crippen LogP contribution in [0.1, 0.15) is 54.1 Å². The summed E-state index contributed by atoms with van der Waals surface area (Å²) in [5.74, 6) is -0.482. The summed E-state index contributed by atoms with van der Waals surface area (Å²) in [6.45, 7) is 4.38. The van der Waals surface area contributed by atoms with Crippen LogP contribution in [-0.4, -0.2) is 11.3 Å². The Labute approximate surface area is 197 Å². The van der Waals surface area contributed by atoms with Crippen LogP contribution in [0.15, 0.2) is 54.6 Å². The van der Waals surface area contributed by atoms with Crippen LogP contribution < -0.4 is 5.30 Å². The predicted octanol–water partition coefficient (Wildman–Crippen LogP) is 7.17. The molecule has 3 nitrogen and oxygen atoms in total. The fourth-order valence-electron chi connectivity index (χ4n) is 4.03. The number of hydrogen-bond acceptors (Lipinski definition) is 3. The molecular weight excluding hydrogens is 493 g/mol. The van der Waals surface area contributed by atoms with Crippen LogP contribution in [0.2, 0.25) is 0 Å². The van der Waals surface area contributed by atoms with Gasteiger partial charge in [-0.05, 0) is 38.5 Å². The number of alkyl halides is 6. The van der Waals surface area contributed by atoms with E-state index in [4.69, 9.17) is 0 Å². The van der Waals surface area contributed by atoms with Gasteiger partial charge in [-0.25, -0.2) is 4.79 Å². The van der Waals surface area contributed by atoms with Crippen LogP contribution >= 0.6 is 7.80 Å². The zero-order valence-corrected chi connectivity index (χ0v) is 19.5. The molecule has 0 bridgehead atoms.